The summed E-state index contributed by atoms with van der Waals surface area (Å²) in [6.45, 7) is 0.0974. The molecule has 1 aromatic heterocycles. The van der Waals surface area contributed by atoms with Crippen molar-refractivity contribution in [2.45, 2.75) is 23.9 Å². The lowest BCUT2D eigenvalue weighted by molar-refractivity contribution is 0.0139. The minimum Gasteiger partial charge on any atom is -0.308 e. The molecular formula is C8H10ClF2N3O2S. The Morgan fingerprint density at radius 2 is 2.24 bits per heavy atom. The Balaban J connectivity index is 2.35. The number of nitrogens with zero attached hydrogens (tertiary/aromatic N) is 3. The van der Waals surface area contributed by atoms with Gasteiger partial charge in [0.25, 0.3) is 16.4 Å². The van der Waals surface area contributed by atoms with E-state index in [1.165, 1.54) is 7.05 Å². The minimum atomic E-state index is -3.94. The molecule has 0 spiro atoms. The zero-order chi connectivity index (χ0) is 12.8. The van der Waals surface area contributed by atoms with Crippen molar-refractivity contribution in [2.24, 2.45) is 7.05 Å². The number of aromatic nitrogens is 2. The average Bonchev–Trinajstić information content (AvgIpc) is 2.43. The number of imidazole rings is 1. The lowest BCUT2D eigenvalue weighted by atomic mass is 10.1. The van der Waals surface area contributed by atoms with Gasteiger partial charge in [-0.1, -0.05) is 0 Å². The molecule has 17 heavy (non-hydrogen) atoms. The van der Waals surface area contributed by atoms with Gasteiger partial charge in [-0.25, -0.2) is 22.2 Å². The average molecular weight is 286 g/mol. The molecule has 0 bridgehead atoms. The van der Waals surface area contributed by atoms with Crippen LogP contribution < -0.4 is 0 Å². The van der Waals surface area contributed by atoms with Gasteiger partial charge in [-0.2, -0.15) is 4.31 Å². The summed E-state index contributed by atoms with van der Waals surface area (Å²) in [5.74, 6) is 0. The van der Waals surface area contributed by atoms with E-state index in [4.69, 9.17) is 11.6 Å². The molecule has 0 radical (unpaired) electrons. The molecule has 0 amide bonds. The minimum absolute atomic E-state index is 0.00213. The van der Waals surface area contributed by atoms with Crippen LogP contribution >= 0.6 is 11.6 Å². The molecule has 0 aliphatic carbocycles. The second-order valence-electron chi connectivity index (χ2n) is 3.73. The second kappa shape index (κ2) is 4.18. The first-order valence-electron chi connectivity index (χ1n) is 4.83. The van der Waals surface area contributed by atoms with Gasteiger partial charge in [-0.3, -0.25) is 0 Å². The quantitative estimate of drug-likeness (QED) is 0.836. The van der Waals surface area contributed by atoms with Crippen LogP contribution in [0.1, 0.15) is 6.42 Å². The lowest BCUT2D eigenvalue weighted by Crippen LogP contribution is -2.54. The van der Waals surface area contributed by atoms with Crippen molar-refractivity contribution in [1.29, 1.82) is 0 Å². The van der Waals surface area contributed by atoms with E-state index in [0.717, 1.165) is 15.1 Å². The van der Waals surface area contributed by atoms with Crippen LogP contribution in [0.4, 0.5) is 8.78 Å². The molecule has 1 aliphatic rings. The topological polar surface area (TPSA) is 55.2 Å². The molecule has 1 aliphatic heterocycles. The third-order valence-corrected chi connectivity index (χ3v) is 5.10. The second-order valence-corrected chi connectivity index (χ2v) is 5.91. The summed E-state index contributed by atoms with van der Waals surface area (Å²) in [7, 11) is -2.52. The normalized spacial score (nSPS) is 21.8. The fraction of sp³-hybridized carbons (Fsp3) is 0.625. The maximum absolute atomic E-state index is 12.5. The fourth-order valence-electron chi connectivity index (χ4n) is 1.67. The Bertz CT molecular complexity index is 531. The zero-order valence-corrected chi connectivity index (χ0v) is 10.4. The predicted octanol–water partition coefficient (Wildman–Crippen LogP) is 1.10. The summed E-state index contributed by atoms with van der Waals surface area (Å²) in [6.07, 6.45) is -1.44. The van der Waals surface area contributed by atoms with Crippen LogP contribution in [-0.2, 0) is 17.1 Å². The van der Waals surface area contributed by atoms with Gasteiger partial charge >= 0.3 is 0 Å². The Kier molecular flexibility index (Phi) is 3.13. The van der Waals surface area contributed by atoms with Crippen molar-refractivity contribution < 1.29 is 17.2 Å². The third-order valence-electron chi connectivity index (χ3n) is 2.77. The predicted molar refractivity (Wildman–Crippen MR) is 56.5 cm³/mol. The Morgan fingerprint density at radius 3 is 2.59 bits per heavy atom. The highest BCUT2D eigenvalue weighted by Crippen LogP contribution is 2.30. The van der Waals surface area contributed by atoms with Crippen molar-refractivity contribution in [2.75, 3.05) is 6.54 Å². The van der Waals surface area contributed by atoms with Gasteiger partial charge in [0, 0.05) is 13.6 Å². The third kappa shape index (κ3) is 1.94. The summed E-state index contributed by atoms with van der Waals surface area (Å²) in [6, 6.07) is -1.24. The van der Waals surface area contributed by atoms with Gasteiger partial charge in [0.05, 0.1) is 12.2 Å². The molecule has 96 valence electrons. The number of hydrogen-bond donors (Lipinski definition) is 0. The smallest absolute Gasteiger partial charge is 0.260 e. The molecule has 0 aromatic carbocycles. The first-order chi connectivity index (χ1) is 7.85. The summed E-state index contributed by atoms with van der Waals surface area (Å²) in [4.78, 5) is 3.63. The number of sulfonamides is 1. The van der Waals surface area contributed by atoms with Crippen molar-refractivity contribution in [1.82, 2.24) is 13.9 Å². The van der Waals surface area contributed by atoms with Crippen LogP contribution in [0, 0.1) is 0 Å². The summed E-state index contributed by atoms with van der Waals surface area (Å²) in [5.41, 5.74) is 0. The van der Waals surface area contributed by atoms with Gasteiger partial charge < -0.3 is 4.57 Å². The molecule has 9 heteroatoms. The lowest BCUT2D eigenvalue weighted by Gasteiger charge is -2.38. The van der Waals surface area contributed by atoms with E-state index in [0.29, 0.717) is 0 Å². The standard InChI is InChI=1S/C8H10ClF2N3O2S/c1-13-6(4-12-8(13)9)17(15,16)14-3-2-5(14)7(10)11/h4-5,7H,2-3H2,1H3. The number of alkyl halides is 2. The van der Waals surface area contributed by atoms with Crippen molar-refractivity contribution in [3.05, 3.63) is 11.5 Å². The monoisotopic (exact) mass is 285 g/mol. The van der Waals surface area contributed by atoms with Gasteiger partial charge in [0.15, 0.2) is 5.03 Å². The van der Waals surface area contributed by atoms with E-state index in [1.54, 1.807) is 0 Å². The number of hydrogen-bond acceptors (Lipinski definition) is 3. The fourth-order valence-corrected chi connectivity index (χ4v) is 3.61. The molecule has 1 aromatic rings. The first kappa shape index (κ1) is 12.7. The zero-order valence-electron chi connectivity index (χ0n) is 8.85. The molecule has 5 nitrogen and oxygen atoms in total. The highest BCUT2D eigenvalue weighted by atomic mass is 35.5. The largest absolute Gasteiger partial charge is 0.308 e. The first-order valence-corrected chi connectivity index (χ1v) is 6.64. The van der Waals surface area contributed by atoms with E-state index in [2.05, 4.69) is 4.98 Å². The van der Waals surface area contributed by atoms with E-state index < -0.39 is 22.5 Å². The Hall–Kier alpha value is -0.730. The van der Waals surface area contributed by atoms with E-state index in [1.807, 2.05) is 0 Å². The van der Waals surface area contributed by atoms with Crippen molar-refractivity contribution >= 4 is 21.6 Å². The number of rotatable bonds is 3. The summed E-state index contributed by atoms with van der Waals surface area (Å²) in [5, 5.41) is -0.175. The van der Waals surface area contributed by atoms with Gasteiger partial charge in [-0.05, 0) is 18.0 Å². The van der Waals surface area contributed by atoms with Crippen LogP contribution in [0.15, 0.2) is 11.2 Å². The van der Waals surface area contributed by atoms with Crippen LogP contribution in [0.5, 0.6) is 0 Å². The highest BCUT2D eigenvalue weighted by Gasteiger charge is 2.44. The van der Waals surface area contributed by atoms with E-state index in [-0.39, 0.29) is 23.3 Å². The van der Waals surface area contributed by atoms with Crippen LogP contribution in [0.25, 0.3) is 0 Å². The molecule has 1 unspecified atom stereocenters. The molecule has 1 saturated heterocycles. The molecule has 2 rings (SSSR count). The molecule has 1 atom stereocenters. The maximum Gasteiger partial charge on any atom is 0.260 e. The molecule has 0 N–H and O–H groups in total. The Morgan fingerprint density at radius 1 is 1.59 bits per heavy atom. The van der Waals surface area contributed by atoms with E-state index >= 15 is 0 Å². The number of halogens is 3. The molecule has 1 fully saturated rings. The summed E-state index contributed by atoms with van der Waals surface area (Å²) < 4.78 is 51.1. The van der Waals surface area contributed by atoms with Crippen LogP contribution in [-0.4, -0.2) is 41.3 Å². The highest BCUT2D eigenvalue weighted by molar-refractivity contribution is 7.89. The molecule has 0 saturated carbocycles. The maximum atomic E-state index is 12.5. The SMILES string of the molecule is Cn1c(S(=O)(=O)N2CCC2C(F)F)cnc1Cl. The van der Waals surface area contributed by atoms with Crippen molar-refractivity contribution in [3.8, 4) is 0 Å². The molecule has 2 heterocycles. The van der Waals surface area contributed by atoms with Gasteiger partial charge in [-0.15, -0.1) is 0 Å². The van der Waals surface area contributed by atoms with Crippen LogP contribution in [0.2, 0.25) is 5.28 Å². The van der Waals surface area contributed by atoms with Gasteiger partial charge in [0.1, 0.15) is 0 Å². The summed E-state index contributed by atoms with van der Waals surface area (Å²) >= 11 is 5.62. The van der Waals surface area contributed by atoms with E-state index in [9.17, 15) is 17.2 Å². The van der Waals surface area contributed by atoms with Crippen molar-refractivity contribution in [3.63, 3.8) is 0 Å². The van der Waals surface area contributed by atoms with Crippen LogP contribution in [0.3, 0.4) is 0 Å². The Labute approximate surface area is 102 Å². The van der Waals surface area contributed by atoms with Gasteiger partial charge in [0.2, 0.25) is 5.28 Å². The molecular weight excluding hydrogens is 276 g/mol.